The molecule has 0 aromatic heterocycles. The molecule has 4 nitrogen and oxygen atoms in total. The van der Waals surface area contributed by atoms with Gasteiger partial charge in [0.25, 0.3) is 0 Å². The molecule has 2 aliphatic carbocycles. The fourth-order valence-electron chi connectivity index (χ4n) is 3.13. The smallest absolute Gasteiger partial charge is 0.241 e. The lowest BCUT2D eigenvalue weighted by molar-refractivity contribution is -0.131. The predicted molar refractivity (Wildman–Crippen MR) is 86.8 cm³/mol. The first kappa shape index (κ1) is 16.5. The maximum absolute atomic E-state index is 12.7. The van der Waals surface area contributed by atoms with Crippen LogP contribution in [0.4, 0.5) is 0 Å². The van der Waals surface area contributed by atoms with Gasteiger partial charge in [-0.3, -0.25) is 9.69 Å². The maximum atomic E-state index is 12.7. The molecule has 0 unspecified atom stereocenters. The zero-order valence-electron chi connectivity index (χ0n) is 13.9. The van der Waals surface area contributed by atoms with E-state index in [1.165, 1.54) is 31.4 Å². The molecule has 0 aliphatic heterocycles. The van der Waals surface area contributed by atoms with Crippen LogP contribution in [0.2, 0.25) is 0 Å². The van der Waals surface area contributed by atoms with Crippen LogP contribution in [-0.4, -0.2) is 48.4 Å². The first-order valence-electron chi connectivity index (χ1n) is 8.33. The number of nitrogens with two attached hydrogens (primary N) is 1. The van der Waals surface area contributed by atoms with Crippen molar-refractivity contribution < 1.29 is 4.79 Å². The molecule has 1 amide bonds. The van der Waals surface area contributed by atoms with Crippen LogP contribution in [-0.2, 0) is 4.79 Å². The van der Waals surface area contributed by atoms with E-state index in [1.807, 2.05) is 7.05 Å². The van der Waals surface area contributed by atoms with Gasteiger partial charge in [-0.1, -0.05) is 19.9 Å². The summed E-state index contributed by atoms with van der Waals surface area (Å²) in [6, 6.07) is 0.470. The molecule has 4 heteroatoms. The Labute approximate surface area is 129 Å². The lowest BCUT2D eigenvalue weighted by Crippen LogP contribution is -2.44. The van der Waals surface area contributed by atoms with Crippen molar-refractivity contribution in [3.05, 3.63) is 11.8 Å². The average molecular weight is 293 g/mol. The van der Waals surface area contributed by atoms with Gasteiger partial charge >= 0.3 is 0 Å². The van der Waals surface area contributed by atoms with E-state index in [4.69, 9.17) is 5.73 Å². The van der Waals surface area contributed by atoms with E-state index in [0.717, 1.165) is 19.4 Å². The Bertz CT molecular complexity index is 399. The fourth-order valence-corrected chi connectivity index (χ4v) is 3.13. The minimum Gasteiger partial charge on any atom is -0.330 e. The van der Waals surface area contributed by atoms with Crippen molar-refractivity contribution in [2.24, 2.45) is 11.1 Å². The van der Waals surface area contributed by atoms with E-state index >= 15 is 0 Å². The molecule has 1 fully saturated rings. The molecule has 0 spiro atoms. The Morgan fingerprint density at radius 3 is 2.62 bits per heavy atom. The lowest BCUT2D eigenvalue weighted by atomic mass is 9.93. The molecule has 0 saturated heterocycles. The van der Waals surface area contributed by atoms with Gasteiger partial charge in [0.2, 0.25) is 5.91 Å². The van der Waals surface area contributed by atoms with Gasteiger partial charge in [-0.15, -0.1) is 0 Å². The van der Waals surface area contributed by atoms with E-state index in [2.05, 4.69) is 29.7 Å². The molecule has 0 atom stereocenters. The maximum Gasteiger partial charge on any atom is 0.241 e. The minimum atomic E-state index is 0.0591. The summed E-state index contributed by atoms with van der Waals surface area (Å²) in [5.74, 6) is 0.265. The molecule has 1 saturated carbocycles. The molecule has 2 rings (SSSR count). The zero-order valence-corrected chi connectivity index (χ0v) is 13.9. The summed E-state index contributed by atoms with van der Waals surface area (Å²) in [5, 5.41) is 0. The summed E-state index contributed by atoms with van der Waals surface area (Å²) >= 11 is 0. The topological polar surface area (TPSA) is 49.6 Å². The van der Waals surface area contributed by atoms with Crippen LogP contribution >= 0.6 is 0 Å². The van der Waals surface area contributed by atoms with Gasteiger partial charge in [0.15, 0.2) is 0 Å². The van der Waals surface area contributed by atoms with Crippen molar-refractivity contribution in [2.75, 3.05) is 26.7 Å². The third-order valence-corrected chi connectivity index (χ3v) is 4.41. The molecule has 2 aliphatic rings. The number of allylic oxidation sites excluding steroid dienone is 2. The van der Waals surface area contributed by atoms with E-state index in [9.17, 15) is 4.79 Å². The number of rotatable bonds is 7. The number of hydrogen-bond acceptors (Lipinski definition) is 3. The first-order chi connectivity index (χ1) is 9.93. The van der Waals surface area contributed by atoms with E-state index in [-0.39, 0.29) is 11.3 Å². The van der Waals surface area contributed by atoms with Crippen molar-refractivity contribution in [1.29, 1.82) is 0 Å². The first-order valence-corrected chi connectivity index (χ1v) is 8.33. The lowest BCUT2D eigenvalue weighted by Gasteiger charge is -2.32. The summed E-state index contributed by atoms with van der Waals surface area (Å²) in [6.07, 6.45) is 9.30. The summed E-state index contributed by atoms with van der Waals surface area (Å²) in [6.45, 7) is 6.29. The number of carbonyl (C=O) groups is 1. The molecule has 0 heterocycles. The number of likely N-dealkylation sites (N-methyl/N-ethyl adjacent to an activating group) is 1. The van der Waals surface area contributed by atoms with Gasteiger partial charge in [0.1, 0.15) is 0 Å². The van der Waals surface area contributed by atoms with E-state index in [1.54, 1.807) is 0 Å². The van der Waals surface area contributed by atoms with E-state index < -0.39 is 0 Å². The third-order valence-electron chi connectivity index (χ3n) is 4.41. The predicted octanol–water partition coefficient (Wildman–Crippen LogP) is 2.35. The average Bonchev–Trinajstić information content (AvgIpc) is 3.24. The molecule has 0 bridgehead atoms. The third kappa shape index (κ3) is 4.82. The second-order valence-electron chi connectivity index (χ2n) is 7.48. The molecule has 0 aromatic carbocycles. The summed E-state index contributed by atoms with van der Waals surface area (Å²) in [5.41, 5.74) is 7.13. The van der Waals surface area contributed by atoms with Crippen molar-refractivity contribution in [3.63, 3.8) is 0 Å². The summed E-state index contributed by atoms with van der Waals surface area (Å²) < 4.78 is 0. The van der Waals surface area contributed by atoms with Gasteiger partial charge in [0, 0.05) is 18.3 Å². The summed E-state index contributed by atoms with van der Waals surface area (Å²) in [7, 11) is 2.02. The number of amides is 1. The van der Waals surface area contributed by atoms with Crippen LogP contribution in [0, 0.1) is 5.41 Å². The Kier molecular flexibility index (Phi) is 5.44. The highest BCUT2D eigenvalue weighted by atomic mass is 16.2. The van der Waals surface area contributed by atoms with Crippen LogP contribution in [0.25, 0.3) is 0 Å². The summed E-state index contributed by atoms with van der Waals surface area (Å²) in [4.78, 5) is 16.9. The highest BCUT2D eigenvalue weighted by Gasteiger charge is 2.35. The molecular formula is C17H31N3O. The number of carbonyl (C=O) groups excluding carboxylic acids is 1. The molecule has 0 radical (unpaired) electrons. The second kappa shape index (κ2) is 6.93. The van der Waals surface area contributed by atoms with Gasteiger partial charge < -0.3 is 10.6 Å². The van der Waals surface area contributed by atoms with Crippen LogP contribution in [0.15, 0.2) is 11.8 Å². The molecule has 2 N–H and O–H groups in total. The Balaban J connectivity index is 1.94. The molecule has 21 heavy (non-hydrogen) atoms. The highest BCUT2D eigenvalue weighted by Crippen LogP contribution is 2.33. The van der Waals surface area contributed by atoms with Gasteiger partial charge in [-0.25, -0.2) is 0 Å². The van der Waals surface area contributed by atoms with Crippen LogP contribution < -0.4 is 5.73 Å². The van der Waals surface area contributed by atoms with Gasteiger partial charge in [0.05, 0.1) is 6.54 Å². The SMILES string of the molecule is CN(CC(=O)N(C1=CCCCC1)C1CC1)CC(C)(C)CN. The van der Waals surface area contributed by atoms with Crippen LogP contribution in [0.1, 0.15) is 52.4 Å². The number of nitrogens with zero attached hydrogens (tertiary/aromatic N) is 2. The zero-order chi connectivity index (χ0) is 15.5. The largest absolute Gasteiger partial charge is 0.330 e. The van der Waals surface area contributed by atoms with E-state index in [0.29, 0.717) is 19.1 Å². The minimum absolute atomic E-state index is 0.0591. The van der Waals surface area contributed by atoms with Crippen molar-refractivity contribution in [3.8, 4) is 0 Å². The molecule has 0 aromatic rings. The van der Waals surface area contributed by atoms with Gasteiger partial charge in [-0.2, -0.15) is 0 Å². The molecule has 120 valence electrons. The quantitative estimate of drug-likeness (QED) is 0.784. The normalized spacial score (nSPS) is 19.6. The van der Waals surface area contributed by atoms with Crippen LogP contribution in [0.5, 0.6) is 0 Å². The Morgan fingerprint density at radius 1 is 1.38 bits per heavy atom. The Hall–Kier alpha value is -0.870. The van der Waals surface area contributed by atoms with Crippen molar-refractivity contribution in [1.82, 2.24) is 9.80 Å². The monoisotopic (exact) mass is 293 g/mol. The fraction of sp³-hybridized carbons (Fsp3) is 0.824. The standard InChI is InChI=1S/C17H31N3O/c1-17(2,12-18)13-19(3)11-16(21)20(15-9-10-15)14-7-5-4-6-8-14/h7,15H,4-6,8-13,18H2,1-3H3. The highest BCUT2D eigenvalue weighted by molar-refractivity contribution is 5.80. The second-order valence-corrected chi connectivity index (χ2v) is 7.48. The van der Waals surface area contributed by atoms with Crippen molar-refractivity contribution in [2.45, 2.75) is 58.4 Å². The van der Waals surface area contributed by atoms with Crippen LogP contribution in [0.3, 0.4) is 0 Å². The number of hydrogen-bond donors (Lipinski definition) is 1. The van der Waals surface area contributed by atoms with Gasteiger partial charge in [-0.05, 0) is 57.5 Å². The Morgan fingerprint density at radius 2 is 2.10 bits per heavy atom. The van der Waals surface area contributed by atoms with Crippen molar-refractivity contribution >= 4 is 5.91 Å². The molecular weight excluding hydrogens is 262 g/mol.